The maximum Gasteiger partial charge on any atom is 0.356 e. The van der Waals surface area contributed by atoms with Crippen LogP contribution >= 0.6 is 15.9 Å². The van der Waals surface area contributed by atoms with E-state index in [1.165, 1.54) is 6.33 Å². The van der Waals surface area contributed by atoms with Gasteiger partial charge >= 0.3 is 5.97 Å². The fourth-order valence-electron chi connectivity index (χ4n) is 1.85. The number of carboxylic acid groups (broad SMARTS) is 1. The van der Waals surface area contributed by atoms with Crippen LogP contribution < -0.4 is 4.74 Å². The van der Waals surface area contributed by atoms with Crippen molar-refractivity contribution in [3.05, 3.63) is 40.4 Å². The summed E-state index contributed by atoms with van der Waals surface area (Å²) in [6.07, 6.45) is 1.51. The van der Waals surface area contributed by atoms with E-state index in [4.69, 9.17) is 9.84 Å². The first-order chi connectivity index (χ1) is 8.16. The topological polar surface area (TPSA) is 64.3 Å². The van der Waals surface area contributed by atoms with Crippen LogP contribution in [0.4, 0.5) is 0 Å². The quantitative estimate of drug-likeness (QED) is 0.876. The number of fused-ring (bicyclic) bond motifs is 3. The summed E-state index contributed by atoms with van der Waals surface area (Å²) in [4.78, 5) is 14.9. The average Bonchev–Trinajstić information content (AvgIpc) is 2.72. The Morgan fingerprint density at radius 3 is 3.12 bits per heavy atom. The van der Waals surface area contributed by atoms with Gasteiger partial charge < -0.3 is 9.84 Å². The smallest absolute Gasteiger partial charge is 0.356 e. The molecule has 0 atom stereocenters. The van der Waals surface area contributed by atoms with E-state index in [1.54, 1.807) is 4.57 Å². The van der Waals surface area contributed by atoms with E-state index >= 15 is 0 Å². The average molecular weight is 295 g/mol. The van der Waals surface area contributed by atoms with Gasteiger partial charge in [0.1, 0.15) is 18.7 Å². The zero-order chi connectivity index (χ0) is 12.0. The van der Waals surface area contributed by atoms with Crippen LogP contribution in [0.15, 0.2) is 29.0 Å². The van der Waals surface area contributed by atoms with Crippen molar-refractivity contribution in [3.63, 3.8) is 0 Å². The Kier molecular flexibility index (Phi) is 2.19. The van der Waals surface area contributed by atoms with Gasteiger partial charge in [-0.1, -0.05) is 15.9 Å². The van der Waals surface area contributed by atoms with Gasteiger partial charge in [-0.25, -0.2) is 9.78 Å². The molecule has 2 aromatic rings. The van der Waals surface area contributed by atoms with Gasteiger partial charge in [0.05, 0.1) is 11.4 Å². The van der Waals surface area contributed by atoms with Crippen LogP contribution in [0.2, 0.25) is 0 Å². The molecule has 2 heterocycles. The molecule has 5 nitrogen and oxygen atoms in total. The predicted octanol–water partition coefficient (Wildman–Crippen LogP) is 2.23. The molecule has 1 aromatic heterocycles. The lowest BCUT2D eigenvalue weighted by Gasteiger charge is -2.20. The van der Waals surface area contributed by atoms with Crippen molar-refractivity contribution in [1.29, 1.82) is 0 Å². The Hall–Kier alpha value is -1.82. The first kappa shape index (κ1) is 10.3. The van der Waals surface area contributed by atoms with Gasteiger partial charge in [0.25, 0.3) is 0 Å². The van der Waals surface area contributed by atoms with Gasteiger partial charge in [-0.15, -0.1) is 0 Å². The molecule has 1 aliphatic heterocycles. The molecule has 1 N–H and O–H groups in total. The minimum absolute atomic E-state index is 0.0403. The molecule has 0 aliphatic carbocycles. The third-order valence-electron chi connectivity index (χ3n) is 2.61. The van der Waals surface area contributed by atoms with E-state index in [-0.39, 0.29) is 12.3 Å². The molecule has 1 aliphatic rings. The summed E-state index contributed by atoms with van der Waals surface area (Å²) in [5.74, 6) is -0.330. The number of halogens is 1. The van der Waals surface area contributed by atoms with Gasteiger partial charge in [-0.05, 0) is 18.2 Å². The van der Waals surface area contributed by atoms with Gasteiger partial charge in [0.15, 0.2) is 5.69 Å². The fourth-order valence-corrected chi connectivity index (χ4v) is 2.19. The van der Waals surface area contributed by atoms with Gasteiger partial charge in [-0.3, -0.25) is 4.57 Å². The van der Waals surface area contributed by atoms with Crippen LogP contribution in [-0.4, -0.2) is 20.6 Å². The van der Waals surface area contributed by atoms with E-state index in [0.717, 1.165) is 10.2 Å². The molecular weight excluding hydrogens is 288 g/mol. The van der Waals surface area contributed by atoms with Crippen molar-refractivity contribution in [1.82, 2.24) is 9.55 Å². The number of rotatable bonds is 1. The molecule has 0 unspecified atom stereocenters. The number of benzene rings is 1. The third-order valence-corrected chi connectivity index (χ3v) is 3.11. The summed E-state index contributed by atoms with van der Waals surface area (Å²) in [7, 11) is 0. The van der Waals surface area contributed by atoms with Crippen molar-refractivity contribution >= 4 is 21.9 Å². The van der Waals surface area contributed by atoms with E-state index in [9.17, 15) is 4.79 Å². The molecule has 1 aromatic carbocycles. The summed E-state index contributed by atoms with van der Waals surface area (Å²) < 4.78 is 8.19. The Bertz CT molecular complexity index is 621. The van der Waals surface area contributed by atoms with Crippen molar-refractivity contribution in [3.8, 4) is 11.4 Å². The number of carboxylic acids is 1. The highest BCUT2D eigenvalue weighted by atomic mass is 79.9. The van der Waals surface area contributed by atoms with Gasteiger partial charge in [-0.2, -0.15) is 0 Å². The molecule has 0 bridgehead atoms. The highest BCUT2D eigenvalue weighted by Gasteiger charge is 2.24. The SMILES string of the molecule is O=C(O)c1ncn2c1COc1cc(Br)ccc1-2. The lowest BCUT2D eigenvalue weighted by molar-refractivity contribution is 0.0687. The Morgan fingerprint density at radius 1 is 1.53 bits per heavy atom. The number of carbonyl (C=O) groups is 1. The van der Waals surface area contributed by atoms with E-state index in [1.807, 2.05) is 18.2 Å². The standard InChI is InChI=1S/C11H7BrN2O3/c12-6-1-2-7-9(3-6)17-4-8-10(11(15)16)13-5-14(7)8/h1-3,5H,4H2,(H,15,16). The van der Waals surface area contributed by atoms with Crippen molar-refractivity contribution in [2.45, 2.75) is 6.61 Å². The number of aromatic carboxylic acids is 1. The first-order valence-corrected chi connectivity index (χ1v) is 5.68. The van der Waals surface area contributed by atoms with Crippen LogP contribution in [0.1, 0.15) is 16.2 Å². The minimum Gasteiger partial charge on any atom is -0.485 e. The fraction of sp³-hybridized carbons (Fsp3) is 0.0909. The van der Waals surface area contributed by atoms with E-state index in [0.29, 0.717) is 11.4 Å². The third kappa shape index (κ3) is 1.52. The maximum atomic E-state index is 11.0. The Labute approximate surface area is 105 Å². The van der Waals surface area contributed by atoms with Crippen LogP contribution in [0.25, 0.3) is 5.69 Å². The Morgan fingerprint density at radius 2 is 2.35 bits per heavy atom. The second-order valence-corrected chi connectivity index (χ2v) is 4.53. The summed E-state index contributed by atoms with van der Waals surface area (Å²) in [5, 5.41) is 8.98. The summed E-state index contributed by atoms with van der Waals surface area (Å²) in [5.41, 5.74) is 1.40. The normalized spacial score (nSPS) is 12.5. The minimum atomic E-state index is -1.04. The summed E-state index contributed by atoms with van der Waals surface area (Å²) in [6.45, 7) is 0.213. The summed E-state index contributed by atoms with van der Waals surface area (Å²) in [6, 6.07) is 5.58. The molecule has 0 radical (unpaired) electrons. The molecule has 0 saturated heterocycles. The lowest BCUT2D eigenvalue weighted by Crippen LogP contribution is -2.14. The second kappa shape index (κ2) is 3.59. The predicted molar refractivity (Wildman–Crippen MR) is 62.6 cm³/mol. The molecule has 0 fully saturated rings. The molecule has 3 rings (SSSR count). The largest absolute Gasteiger partial charge is 0.485 e. The van der Waals surface area contributed by atoms with Crippen molar-refractivity contribution in [2.75, 3.05) is 0 Å². The van der Waals surface area contributed by atoms with Crippen LogP contribution in [0, 0.1) is 0 Å². The number of imidazole rings is 1. The van der Waals surface area contributed by atoms with E-state index < -0.39 is 5.97 Å². The molecule has 0 saturated carbocycles. The summed E-state index contributed by atoms with van der Waals surface area (Å²) >= 11 is 3.36. The number of ether oxygens (including phenoxy) is 1. The molecule has 0 spiro atoms. The van der Waals surface area contributed by atoms with Crippen LogP contribution in [-0.2, 0) is 6.61 Å². The van der Waals surface area contributed by atoms with Crippen molar-refractivity contribution in [2.24, 2.45) is 0 Å². The van der Waals surface area contributed by atoms with E-state index in [2.05, 4.69) is 20.9 Å². The second-order valence-electron chi connectivity index (χ2n) is 3.62. The lowest BCUT2D eigenvalue weighted by atomic mass is 10.2. The monoisotopic (exact) mass is 294 g/mol. The number of aromatic nitrogens is 2. The first-order valence-electron chi connectivity index (χ1n) is 4.89. The van der Waals surface area contributed by atoms with Crippen LogP contribution in [0.3, 0.4) is 0 Å². The zero-order valence-corrected chi connectivity index (χ0v) is 10.1. The van der Waals surface area contributed by atoms with Gasteiger partial charge in [0, 0.05) is 4.47 Å². The Balaban J connectivity index is 2.21. The molecule has 0 amide bonds. The number of hydrogen-bond donors (Lipinski definition) is 1. The van der Waals surface area contributed by atoms with Crippen molar-refractivity contribution < 1.29 is 14.6 Å². The van der Waals surface area contributed by atoms with Gasteiger partial charge in [0.2, 0.25) is 0 Å². The maximum absolute atomic E-state index is 11.0. The number of nitrogens with zero attached hydrogens (tertiary/aromatic N) is 2. The highest BCUT2D eigenvalue weighted by Crippen LogP contribution is 2.33. The highest BCUT2D eigenvalue weighted by molar-refractivity contribution is 9.10. The molecule has 17 heavy (non-hydrogen) atoms. The number of hydrogen-bond acceptors (Lipinski definition) is 3. The molecule has 6 heteroatoms. The van der Waals surface area contributed by atoms with Crippen LogP contribution in [0.5, 0.6) is 5.75 Å². The zero-order valence-electron chi connectivity index (χ0n) is 8.55. The molecular formula is C11H7BrN2O3. The molecule has 86 valence electrons.